The summed E-state index contributed by atoms with van der Waals surface area (Å²) in [7, 11) is 1.53. The number of aldehydes is 1. The van der Waals surface area contributed by atoms with E-state index in [0.717, 1.165) is 17.3 Å². The fourth-order valence-electron chi connectivity index (χ4n) is 2.07. The minimum atomic E-state index is 0.483. The molecule has 0 unspecified atom stereocenters. The number of hydrogen-bond acceptors (Lipinski definition) is 5. The zero-order chi connectivity index (χ0) is 13.9. The highest BCUT2D eigenvalue weighted by molar-refractivity contribution is 5.91. The van der Waals surface area contributed by atoms with E-state index >= 15 is 0 Å². The molecule has 6 nitrogen and oxygen atoms in total. The molecule has 0 radical (unpaired) electrons. The number of para-hydroxylation sites is 1. The summed E-state index contributed by atoms with van der Waals surface area (Å²) in [6.45, 7) is 0. The molecule has 0 aliphatic rings. The van der Waals surface area contributed by atoms with Crippen LogP contribution < -0.4 is 10.1 Å². The van der Waals surface area contributed by atoms with E-state index in [0.29, 0.717) is 22.8 Å². The second kappa shape index (κ2) is 5.00. The number of methoxy groups -OCH3 is 1. The summed E-state index contributed by atoms with van der Waals surface area (Å²) < 4.78 is 5.29. The van der Waals surface area contributed by atoms with Crippen LogP contribution in [0.5, 0.6) is 5.75 Å². The summed E-state index contributed by atoms with van der Waals surface area (Å²) in [5.41, 5.74) is 1.91. The van der Waals surface area contributed by atoms with Gasteiger partial charge in [-0.25, -0.2) is 9.97 Å². The molecule has 3 rings (SSSR count). The van der Waals surface area contributed by atoms with E-state index in [1.807, 2.05) is 12.1 Å². The Balaban J connectivity index is 2.07. The fourth-order valence-corrected chi connectivity index (χ4v) is 2.07. The lowest BCUT2D eigenvalue weighted by Gasteiger charge is -2.12. The van der Waals surface area contributed by atoms with Crippen LogP contribution in [0.15, 0.2) is 36.8 Å². The van der Waals surface area contributed by atoms with Crippen LogP contribution in [0.3, 0.4) is 0 Å². The Morgan fingerprint density at radius 3 is 3.00 bits per heavy atom. The van der Waals surface area contributed by atoms with Gasteiger partial charge in [-0.05, 0) is 18.2 Å². The molecule has 0 fully saturated rings. The number of carbonyl (C=O) groups excluding carboxylic acids is 1. The Kier molecular flexibility index (Phi) is 3.04. The van der Waals surface area contributed by atoms with Crippen molar-refractivity contribution in [3.8, 4) is 5.75 Å². The van der Waals surface area contributed by atoms with E-state index in [9.17, 15) is 4.79 Å². The average molecular weight is 268 g/mol. The second-order valence-corrected chi connectivity index (χ2v) is 4.13. The lowest BCUT2D eigenvalue weighted by molar-refractivity contribution is 0.112. The number of nitrogens with one attached hydrogen (secondary N) is 2. The van der Waals surface area contributed by atoms with Gasteiger partial charge in [0.1, 0.15) is 17.8 Å². The van der Waals surface area contributed by atoms with E-state index in [1.165, 1.54) is 13.4 Å². The minimum Gasteiger partial charge on any atom is -0.494 e. The van der Waals surface area contributed by atoms with Crippen molar-refractivity contribution >= 4 is 28.8 Å². The predicted octanol–water partition coefficient (Wildman–Crippen LogP) is 2.52. The van der Waals surface area contributed by atoms with Crippen molar-refractivity contribution in [2.24, 2.45) is 0 Å². The van der Waals surface area contributed by atoms with Gasteiger partial charge >= 0.3 is 0 Å². The first-order valence-corrected chi connectivity index (χ1v) is 6.01. The van der Waals surface area contributed by atoms with Crippen LogP contribution >= 0.6 is 0 Å². The van der Waals surface area contributed by atoms with E-state index in [2.05, 4.69) is 20.3 Å². The summed E-state index contributed by atoms with van der Waals surface area (Å²) in [5.74, 6) is 1.14. The van der Waals surface area contributed by atoms with Crippen LogP contribution in [-0.2, 0) is 0 Å². The molecular formula is C14H12N4O2. The van der Waals surface area contributed by atoms with Gasteiger partial charge in [-0.2, -0.15) is 0 Å². The second-order valence-electron chi connectivity index (χ2n) is 4.13. The van der Waals surface area contributed by atoms with Crippen LogP contribution in [0.2, 0.25) is 0 Å². The van der Waals surface area contributed by atoms with Gasteiger partial charge in [0.15, 0.2) is 12.0 Å². The number of nitrogens with zero attached hydrogens (tertiary/aromatic N) is 2. The highest BCUT2D eigenvalue weighted by Crippen LogP contribution is 2.31. The number of H-pyrrole nitrogens is 1. The molecule has 0 amide bonds. The number of benzene rings is 1. The van der Waals surface area contributed by atoms with Crippen molar-refractivity contribution in [1.82, 2.24) is 15.0 Å². The summed E-state index contributed by atoms with van der Waals surface area (Å²) >= 11 is 0. The molecule has 2 N–H and O–H groups in total. The molecule has 20 heavy (non-hydrogen) atoms. The first kappa shape index (κ1) is 12.2. The van der Waals surface area contributed by atoms with Crippen LogP contribution in [0.25, 0.3) is 11.0 Å². The Morgan fingerprint density at radius 1 is 1.30 bits per heavy atom. The minimum absolute atomic E-state index is 0.483. The SMILES string of the molecule is COc1c(C=O)cccc1Nc1ncnc2[nH]ccc12. The molecule has 0 bridgehead atoms. The van der Waals surface area contributed by atoms with Crippen molar-refractivity contribution in [2.75, 3.05) is 12.4 Å². The molecule has 1 aromatic carbocycles. The topological polar surface area (TPSA) is 79.9 Å². The number of rotatable bonds is 4. The van der Waals surface area contributed by atoms with Crippen molar-refractivity contribution in [1.29, 1.82) is 0 Å². The number of fused-ring (bicyclic) bond motifs is 1. The summed E-state index contributed by atoms with van der Waals surface area (Å²) in [6.07, 6.45) is 4.02. The molecule has 2 heterocycles. The van der Waals surface area contributed by atoms with E-state index < -0.39 is 0 Å². The third-order valence-electron chi connectivity index (χ3n) is 2.98. The van der Waals surface area contributed by atoms with Gasteiger partial charge in [-0.3, -0.25) is 4.79 Å². The lowest BCUT2D eigenvalue weighted by Crippen LogP contribution is -2.00. The maximum atomic E-state index is 11.0. The molecule has 0 aliphatic heterocycles. The van der Waals surface area contributed by atoms with Gasteiger partial charge in [-0.15, -0.1) is 0 Å². The fraction of sp³-hybridized carbons (Fsp3) is 0.0714. The average Bonchev–Trinajstić information content (AvgIpc) is 2.96. The van der Waals surface area contributed by atoms with E-state index in [4.69, 9.17) is 4.74 Å². The molecule has 0 atom stereocenters. The third-order valence-corrected chi connectivity index (χ3v) is 2.98. The summed E-state index contributed by atoms with van der Waals surface area (Å²) in [6, 6.07) is 7.19. The van der Waals surface area contributed by atoms with Crippen LogP contribution in [-0.4, -0.2) is 28.3 Å². The number of carbonyl (C=O) groups is 1. The number of anilines is 2. The smallest absolute Gasteiger partial charge is 0.153 e. The Morgan fingerprint density at radius 2 is 2.20 bits per heavy atom. The normalized spacial score (nSPS) is 10.4. The van der Waals surface area contributed by atoms with Gasteiger partial charge in [0.2, 0.25) is 0 Å². The molecule has 3 aromatic rings. The number of hydrogen-bond donors (Lipinski definition) is 2. The van der Waals surface area contributed by atoms with Crippen molar-refractivity contribution in [3.05, 3.63) is 42.4 Å². The standard InChI is InChI=1S/C14H12N4O2/c1-20-12-9(7-19)3-2-4-11(12)18-14-10-5-6-15-13(10)16-8-17-14/h2-8H,1H3,(H2,15,16,17,18). The first-order valence-electron chi connectivity index (χ1n) is 6.01. The zero-order valence-electron chi connectivity index (χ0n) is 10.8. The molecule has 0 spiro atoms. The van der Waals surface area contributed by atoms with E-state index in [1.54, 1.807) is 18.3 Å². The molecule has 100 valence electrons. The Bertz CT molecular complexity index is 767. The molecule has 0 saturated heterocycles. The predicted molar refractivity (Wildman–Crippen MR) is 75.6 cm³/mol. The largest absolute Gasteiger partial charge is 0.494 e. The maximum Gasteiger partial charge on any atom is 0.153 e. The van der Waals surface area contributed by atoms with E-state index in [-0.39, 0.29) is 0 Å². The maximum absolute atomic E-state index is 11.0. The highest BCUT2D eigenvalue weighted by Gasteiger charge is 2.11. The summed E-state index contributed by atoms with van der Waals surface area (Å²) in [4.78, 5) is 22.4. The van der Waals surface area contributed by atoms with Crippen molar-refractivity contribution in [3.63, 3.8) is 0 Å². The van der Waals surface area contributed by atoms with Crippen LogP contribution in [0.4, 0.5) is 11.5 Å². The lowest BCUT2D eigenvalue weighted by atomic mass is 10.2. The van der Waals surface area contributed by atoms with Crippen molar-refractivity contribution < 1.29 is 9.53 Å². The molecular weight excluding hydrogens is 256 g/mol. The number of aromatic nitrogens is 3. The number of ether oxygens (including phenoxy) is 1. The summed E-state index contributed by atoms with van der Waals surface area (Å²) in [5, 5.41) is 4.04. The number of aromatic amines is 1. The Hall–Kier alpha value is -2.89. The van der Waals surface area contributed by atoms with Gasteiger partial charge in [0.25, 0.3) is 0 Å². The van der Waals surface area contributed by atoms with Gasteiger partial charge < -0.3 is 15.0 Å². The van der Waals surface area contributed by atoms with Crippen molar-refractivity contribution in [2.45, 2.75) is 0 Å². The quantitative estimate of drug-likeness (QED) is 0.711. The Labute approximate surface area is 114 Å². The third kappa shape index (κ3) is 1.97. The molecule has 2 aromatic heterocycles. The van der Waals surface area contributed by atoms with Crippen LogP contribution in [0.1, 0.15) is 10.4 Å². The zero-order valence-corrected chi connectivity index (χ0v) is 10.8. The molecule has 0 aliphatic carbocycles. The highest BCUT2D eigenvalue weighted by atomic mass is 16.5. The van der Waals surface area contributed by atoms with Gasteiger partial charge in [0, 0.05) is 6.20 Å². The van der Waals surface area contributed by atoms with Crippen LogP contribution in [0, 0.1) is 0 Å². The monoisotopic (exact) mass is 268 g/mol. The first-order chi connectivity index (χ1) is 9.83. The van der Waals surface area contributed by atoms with Gasteiger partial charge in [0.05, 0.1) is 23.7 Å². The molecule has 0 saturated carbocycles. The molecule has 6 heteroatoms. The van der Waals surface area contributed by atoms with Gasteiger partial charge in [-0.1, -0.05) is 6.07 Å².